The van der Waals surface area contributed by atoms with E-state index in [4.69, 9.17) is 4.74 Å². The lowest BCUT2D eigenvalue weighted by Crippen LogP contribution is -2.20. The molecule has 0 spiro atoms. The van der Waals surface area contributed by atoms with Gasteiger partial charge in [0.2, 0.25) is 5.75 Å². The van der Waals surface area contributed by atoms with Crippen LogP contribution in [0.4, 0.5) is 22.7 Å². The number of ether oxygens (including phenoxy) is 1. The maximum atomic E-state index is 12.7. The third kappa shape index (κ3) is 5.00. The van der Waals surface area contributed by atoms with Crippen molar-refractivity contribution in [3.63, 3.8) is 0 Å². The molecule has 0 amide bonds. The number of hydrogen-bond donors (Lipinski definition) is 0. The Bertz CT molecular complexity index is 1110. The number of nitro groups is 4. The van der Waals surface area contributed by atoms with E-state index >= 15 is 0 Å². The molecule has 0 radical (unpaired) electrons. The van der Waals surface area contributed by atoms with Crippen molar-refractivity contribution in [1.29, 1.82) is 0 Å². The van der Waals surface area contributed by atoms with E-state index in [0.717, 1.165) is 24.3 Å². The Kier molecular flexibility index (Phi) is 6.66. The standard InChI is InChI=1S/C17H12N4O10/c1-2-3-13(12-6-4-10(18(23)24)8-14(12)20(27)28)17(22)31-16-7-5-11(19(25)26)9-15(16)21(29)30/h2,4-9,13H,1,3H2. The molecule has 1 atom stereocenters. The van der Waals surface area contributed by atoms with Crippen LogP contribution in [0.1, 0.15) is 17.9 Å². The number of carbonyl (C=O) groups excluding carboxylic acids is 1. The minimum atomic E-state index is -1.38. The maximum Gasteiger partial charge on any atom is 0.319 e. The fourth-order valence-electron chi connectivity index (χ4n) is 2.64. The van der Waals surface area contributed by atoms with Crippen LogP contribution in [0.3, 0.4) is 0 Å². The first-order valence-corrected chi connectivity index (χ1v) is 8.25. The quantitative estimate of drug-likeness (QED) is 0.185. The number of esters is 1. The predicted octanol–water partition coefficient (Wildman–Crippen LogP) is 3.58. The van der Waals surface area contributed by atoms with Crippen LogP contribution in [0.25, 0.3) is 0 Å². The Hall–Kier alpha value is -4.75. The zero-order chi connectivity index (χ0) is 23.3. The van der Waals surface area contributed by atoms with Gasteiger partial charge in [0.05, 0.1) is 37.7 Å². The topological polar surface area (TPSA) is 199 Å². The number of benzene rings is 2. The molecular weight excluding hydrogens is 420 g/mol. The van der Waals surface area contributed by atoms with E-state index in [9.17, 15) is 45.3 Å². The minimum Gasteiger partial charge on any atom is -0.419 e. The number of non-ortho nitro benzene ring substituents is 2. The van der Waals surface area contributed by atoms with Crippen LogP contribution in [-0.4, -0.2) is 25.7 Å². The number of nitro benzene ring substituents is 4. The fourth-order valence-corrected chi connectivity index (χ4v) is 2.64. The summed E-state index contributed by atoms with van der Waals surface area (Å²) < 4.78 is 5.02. The molecule has 0 fully saturated rings. The first-order chi connectivity index (χ1) is 14.6. The molecule has 0 saturated heterocycles. The van der Waals surface area contributed by atoms with Crippen molar-refractivity contribution in [2.75, 3.05) is 0 Å². The Labute approximate surface area is 172 Å². The average Bonchev–Trinajstić information content (AvgIpc) is 2.71. The molecule has 0 heterocycles. The summed E-state index contributed by atoms with van der Waals surface area (Å²) in [7, 11) is 0. The number of allylic oxidation sites excluding steroid dienone is 1. The molecule has 0 aliphatic rings. The summed E-state index contributed by atoms with van der Waals surface area (Å²) in [4.78, 5) is 53.4. The van der Waals surface area contributed by atoms with Crippen molar-refractivity contribution in [3.05, 3.63) is 95.1 Å². The van der Waals surface area contributed by atoms with Gasteiger partial charge in [-0.15, -0.1) is 6.58 Å². The number of nitrogens with zero attached hydrogens (tertiary/aromatic N) is 4. The normalized spacial score (nSPS) is 11.2. The maximum absolute atomic E-state index is 12.7. The van der Waals surface area contributed by atoms with Gasteiger partial charge in [0.15, 0.2) is 0 Å². The van der Waals surface area contributed by atoms with Gasteiger partial charge in [0, 0.05) is 17.7 Å². The van der Waals surface area contributed by atoms with E-state index < -0.39 is 60.1 Å². The highest BCUT2D eigenvalue weighted by Crippen LogP contribution is 2.36. The third-order valence-corrected chi connectivity index (χ3v) is 4.04. The second-order valence-corrected chi connectivity index (χ2v) is 5.92. The van der Waals surface area contributed by atoms with Crippen LogP contribution in [0.2, 0.25) is 0 Å². The van der Waals surface area contributed by atoms with Gasteiger partial charge >= 0.3 is 11.7 Å². The smallest absolute Gasteiger partial charge is 0.319 e. The molecule has 1 unspecified atom stereocenters. The Morgan fingerprint density at radius 2 is 1.39 bits per heavy atom. The van der Waals surface area contributed by atoms with E-state index in [-0.39, 0.29) is 12.0 Å². The highest BCUT2D eigenvalue weighted by atomic mass is 16.6. The molecule has 14 nitrogen and oxygen atoms in total. The summed E-state index contributed by atoms with van der Waals surface area (Å²) in [6.45, 7) is 3.44. The van der Waals surface area contributed by atoms with Crippen molar-refractivity contribution in [2.24, 2.45) is 0 Å². The summed E-state index contributed by atoms with van der Waals surface area (Å²) in [5, 5.41) is 44.3. The fraction of sp³-hybridized carbons (Fsp3) is 0.118. The number of rotatable bonds is 9. The van der Waals surface area contributed by atoms with E-state index in [1.165, 1.54) is 6.08 Å². The molecule has 0 aliphatic heterocycles. The molecule has 14 heteroatoms. The monoisotopic (exact) mass is 432 g/mol. The lowest BCUT2D eigenvalue weighted by atomic mass is 9.94. The van der Waals surface area contributed by atoms with Crippen molar-refractivity contribution in [2.45, 2.75) is 12.3 Å². The van der Waals surface area contributed by atoms with Gasteiger partial charge in [0.1, 0.15) is 0 Å². The van der Waals surface area contributed by atoms with E-state index in [1.807, 2.05) is 0 Å². The molecule has 160 valence electrons. The lowest BCUT2D eigenvalue weighted by Gasteiger charge is -2.15. The average molecular weight is 432 g/mol. The zero-order valence-electron chi connectivity index (χ0n) is 15.4. The van der Waals surface area contributed by atoms with Crippen LogP contribution < -0.4 is 4.74 Å². The zero-order valence-corrected chi connectivity index (χ0v) is 15.4. The van der Waals surface area contributed by atoms with Gasteiger partial charge in [-0.25, -0.2) is 0 Å². The summed E-state index contributed by atoms with van der Waals surface area (Å²) in [6, 6.07) is 4.97. The molecular formula is C17H12N4O10. The minimum absolute atomic E-state index is 0.196. The highest BCUT2D eigenvalue weighted by molar-refractivity contribution is 5.83. The molecule has 31 heavy (non-hydrogen) atoms. The highest BCUT2D eigenvalue weighted by Gasteiger charge is 2.32. The second-order valence-electron chi connectivity index (χ2n) is 5.92. The van der Waals surface area contributed by atoms with Crippen molar-refractivity contribution >= 4 is 28.7 Å². The SMILES string of the molecule is C=CCC(C(=O)Oc1ccc([N+](=O)[O-])cc1[N+](=O)[O-])c1ccc([N+](=O)[O-])cc1[N+](=O)[O-]. The van der Waals surface area contributed by atoms with Gasteiger partial charge < -0.3 is 4.74 Å². The molecule has 2 aromatic rings. The lowest BCUT2D eigenvalue weighted by molar-refractivity contribution is -0.394. The molecule has 0 aromatic heterocycles. The van der Waals surface area contributed by atoms with Gasteiger partial charge in [-0.2, -0.15) is 0 Å². The van der Waals surface area contributed by atoms with Crippen molar-refractivity contribution in [1.82, 2.24) is 0 Å². The summed E-state index contributed by atoms with van der Waals surface area (Å²) >= 11 is 0. The summed E-state index contributed by atoms with van der Waals surface area (Å²) in [5.74, 6) is -3.15. The molecule has 2 aromatic carbocycles. The number of hydrogen-bond acceptors (Lipinski definition) is 10. The van der Waals surface area contributed by atoms with Crippen LogP contribution in [0.5, 0.6) is 5.75 Å². The number of carbonyl (C=O) groups is 1. The van der Waals surface area contributed by atoms with Crippen molar-refractivity contribution in [3.8, 4) is 5.75 Å². The van der Waals surface area contributed by atoms with Crippen molar-refractivity contribution < 1.29 is 29.2 Å². The summed E-state index contributed by atoms with van der Waals surface area (Å²) in [6.07, 6.45) is 1.04. The summed E-state index contributed by atoms with van der Waals surface area (Å²) in [5.41, 5.74) is -3.01. The second kappa shape index (κ2) is 9.17. The van der Waals surface area contributed by atoms with E-state index in [1.54, 1.807) is 0 Å². The Balaban J connectivity index is 2.50. The van der Waals surface area contributed by atoms with Crippen LogP contribution in [0, 0.1) is 40.5 Å². The molecule has 0 N–H and O–H groups in total. The van der Waals surface area contributed by atoms with Gasteiger partial charge in [0.25, 0.3) is 17.1 Å². The van der Waals surface area contributed by atoms with Crippen LogP contribution >= 0.6 is 0 Å². The van der Waals surface area contributed by atoms with E-state index in [0.29, 0.717) is 12.1 Å². The largest absolute Gasteiger partial charge is 0.419 e. The predicted molar refractivity (Wildman–Crippen MR) is 103 cm³/mol. The van der Waals surface area contributed by atoms with Gasteiger partial charge in [-0.3, -0.25) is 45.3 Å². The molecule has 2 rings (SSSR count). The van der Waals surface area contributed by atoms with Crippen LogP contribution in [0.15, 0.2) is 49.1 Å². The Morgan fingerprint density at radius 1 is 0.871 bits per heavy atom. The molecule has 0 saturated carbocycles. The van der Waals surface area contributed by atoms with Gasteiger partial charge in [-0.1, -0.05) is 6.08 Å². The third-order valence-electron chi connectivity index (χ3n) is 4.04. The Morgan fingerprint density at radius 3 is 1.87 bits per heavy atom. The first kappa shape index (κ1) is 22.5. The molecule has 0 aliphatic carbocycles. The first-order valence-electron chi connectivity index (χ1n) is 8.25. The van der Waals surface area contributed by atoms with Gasteiger partial charge in [-0.05, 0) is 18.6 Å². The van der Waals surface area contributed by atoms with Crippen LogP contribution in [-0.2, 0) is 4.79 Å². The van der Waals surface area contributed by atoms with E-state index in [2.05, 4.69) is 6.58 Å². The molecule has 0 bridgehead atoms.